The van der Waals surface area contributed by atoms with E-state index in [2.05, 4.69) is 21.2 Å². The van der Waals surface area contributed by atoms with Crippen LogP contribution in [-0.2, 0) is 4.79 Å². The van der Waals surface area contributed by atoms with Crippen molar-refractivity contribution < 1.29 is 14.3 Å². The van der Waals surface area contributed by atoms with Crippen LogP contribution in [0.1, 0.15) is 5.56 Å². The molecule has 0 unspecified atom stereocenters. The molecule has 21 heavy (non-hydrogen) atoms. The third-order valence-electron chi connectivity index (χ3n) is 3.12. The van der Waals surface area contributed by atoms with Crippen LogP contribution in [0, 0.1) is 0 Å². The van der Waals surface area contributed by atoms with E-state index in [1.807, 2.05) is 30.3 Å². The highest BCUT2D eigenvalue weighted by atomic mass is 79.9. The maximum atomic E-state index is 11.6. The van der Waals surface area contributed by atoms with Crippen molar-refractivity contribution >= 4 is 55.7 Å². The van der Waals surface area contributed by atoms with Gasteiger partial charge in [-0.1, -0.05) is 12.1 Å². The first kappa shape index (κ1) is 14.2. The minimum Gasteiger partial charge on any atom is -0.497 e. The molecule has 4 nitrogen and oxygen atoms in total. The van der Waals surface area contributed by atoms with Crippen LogP contribution in [0.15, 0.2) is 39.7 Å². The summed E-state index contributed by atoms with van der Waals surface area (Å²) in [4.78, 5) is 23.2. The Labute approximate surface area is 133 Å². The van der Waals surface area contributed by atoms with Crippen LogP contribution < -0.4 is 10.1 Å². The zero-order valence-corrected chi connectivity index (χ0v) is 13.4. The summed E-state index contributed by atoms with van der Waals surface area (Å²) >= 11 is 4.47. The number of halogens is 1. The number of fused-ring (bicyclic) bond motifs is 1. The lowest BCUT2D eigenvalue weighted by molar-refractivity contribution is -0.115. The number of benzene rings is 2. The molecule has 2 amide bonds. The number of rotatable bonds is 2. The van der Waals surface area contributed by atoms with Crippen molar-refractivity contribution in [3.8, 4) is 5.75 Å². The fourth-order valence-corrected chi connectivity index (χ4v) is 3.37. The van der Waals surface area contributed by atoms with Gasteiger partial charge in [-0.15, -0.1) is 0 Å². The van der Waals surface area contributed by atoms with Crippen LogP contribution in [0.5, 0.6) is 5.75 Å². The molecule has 1 heterocycles. The van der Waals surface area contributed by atoms with Gasteiger partial charge in [0.05, 0.1) is 12.0 Å². The summed E-state index contributed by atoms with van der Waals surface area (Å²) in [6.45, 7) is 0. The molecule has 6 heteroatoms. The van der Waals surface area contributed by atoms with Crippen molar-refractivity contribution in [2.45, 2.75) is 0 Å². The topological polar surface area (TPSA) is 55.4 Å². The smallest absolute Gasteiger partial charge is 0.290 e. The van der Waals surface area contributed by atoms with Crippen LogP contribution >= 0.6 is 27.7 Å². The lowest BCUT2D eigenvalue weighted by Crippen LogP contribution is -2.17. The largest absolute Gasteiger partial charge is 0.497 e. The van der Waals surface area contributed by atoms with Gasteiger partial charge in [0.1, 0.15) is 5.75 Å². The Morgan fingerprint density at radius 3 is 2.71 bits per heavy atom. The number of hydrogen-bond acceptors (Lipinski definition) is 4. The number of imide groups is 1. The molecule has 0 saturated carbocycles. The second kappa shape index (κ2) is 5.54. The van der Waals surface area contributed by atoms with E-state index in [-0.39, 0.29) is 11.1 Å². The van der Waals surface area contributed by atoms with Crippen molar-refractivity contribution in [2.24, 2.45) is 0 Å². The molecular formula is C15H10BrNO3S. The van der Waals surface area contributed by atoms with Gasteiger partial charge in [0.25, 0.3) is 11.1 Å². The summed E-state index contributed by atoms with van der Waals surface area (Å²) in [6, 6.07) is 9.62. The average Bonchev–Trinajstić information content (AvgIpc) is 2.79. The van der Waals surface area contributed by atoms with Crippen molar-refractivity contribution in [3.63, 3.8) is 0 Å². The van der Waals surface area contributed by atoms with E-state index < -0.39 is 0 Å². The highest BCUT2D eigenvalue weighted by Gasteiger charge is 2.25. The molecule has 0 bridgehead atoms. The van der Waals surface area contributed by atoms with Crippen molar-refractivity contribution in [1.29, 1.82) is 0 Å². The molecule has 1 fully saturated rings. The van der Waals surface area contributed by atoms with Gasteiger partial charge in [-0.2, -0.15) is 0 Å². The van der Waals surface area contributed by atoms with Gasteiger partial charge < -0.3 is 4.74 Å². The molecule has 2 aromatic rings. The van der Waals surface area contributed by atoms with Gasteiger partial charge in [-0.05, 0) is 68.3 Å². The standard InChI is InChI=1S/C15H10BrNO3S/c1-20-10-4-5-11-8(6-10)2-3-9(13(11)16)7-12-14(18)17-15(19)21-12/h2-7H,1H3,(H,17,18,19)/b12-7-. The lowest BCUT2D eigenvalue weighted by atomic mass is 10.1. The van der Waals surface area contributed by atoms with Gasteiger partial charge in [-0.3, -0.25) is 14.9 Å². The number of carbonyl (C=O) groups excluding carboxylic acids is 2. The fourth-order valence-electron chi connectivity index (χ4n) is 2.09. The fraction of sp³-hybridized carbons (Fsp3) is 0.0667. The summed E-state index contributed by atoms with van der Waals surface area (Å²) < 4.78 is 6.08. The second-order valence-corrected chi connectivity index (χ2v) is 6.22. The van der Waals surface area contributed by atoms with Crippen molar-refractivity contribution in [1.82, 2.24) is 5.32 Å². The minimum absolute atomic E-state index is 0.340. The Morgan fingerprint density at radius 2 is 2.05 bits per heavy atom. The molecule has 0 radical (unpaired) electrons. The Hall–Kier alpha value is -1.79. The Morgan fingerprint density at radius 1 is 1.24 bits per heavy atom. The van der Waals surface area contributed by atoms with Crippen LogP contribution in [0.2, 0.25) is 0 Å². The number of hydrogen-bond donors (Lipinski definition) is 1. The summed E-state index contributed by atoms with van der Waals surface area (Å²) in [7, 11) is 1.63. The quantitative estimate of drug-likeness (QED) is 0.821. The van der Waals surface area contributed by atoms with E-state index in [1.165, 1.54) is 0 Å². The number of thioether (sulfide) groups is 1. The van der Waals surface area contributed by atoms with Gasteiger partial charge in [0.2, 0.25) is 0 Å². The molecule has 0 spiro atoms. The summed E-state index contributed by atoms with van der Waals surface area (Å²) in [6.07, 6.45) is 1.71. The molecule has 2 aromatic carbocycles. The molecule has 1 saturated heterocycles. The maximum Gasteiger partial charge on any atom is 0.290 e. The van der Waals surface area contributed by atoms with Crippen LogP contribution in [0.3, 0.4) is 0 Å². The molecule has 1 aliphatic heterocycles. The van der Waals surface area contributed by atoms with Gasteiger partial charge in [0.15, 0.2) is 0 Å². The number of ether oxygens (including phenoxy) is 1. The third kappa shape index (κ3) is 2.69. The number of amides is 2. The number of methoxy groups -OCH3 is 1. The molecule has 0 atom stereocenters. The van der Waals surface area contributed by atoms with Crippen LogP contribution in [0.4, 0.5) is 4.79 Å². The second-order valence-electron chi connectivity index (χ2n) is 4.41. The Bertz CT molecular complexity index is 801. The van der Waals surface area contributed by atoms with E-state index in [1.54, 1.807) is 13.2 Å². The summed E-state index contributed by atoms with van der Waals surface area (Å²) in [5, 5.41) is 3.95. The molecule has 0 aliphatic carbocycles. The van der Waals surface area contributed by atoms with Crippen molar-refractivity contribution in [2.75, 3.05) is 7.11 Å². The van der Waals surface area contributed by atoms with Gasteiger partial charge in [-0.25, -0.2) is 0 Å². The van der Waals surface area contributed by atoms with E-state index >= 15 is 0 Å². The van der Waals surface area contributed by atoms with Crippen LogP contribution in [0.25, 0.3) is 16.8 Å². The van der Waals surface area contributed by atoms with Crippen molar-refractivity contribution in [3.05, 3.63) is 45.3 Å². The molecule has 1 aliphatic rings. The van der Waals surface area contributed by atoms with E-state index in [0.717, 1.165) is 38.3 Å². The highest BCUT2D eigenvalue weighted by molar-refractivity contribution is 9.10. The predicted molar refractivity (Wildman–Crippen MR) is 87.3 cm³/mol. The van der Waals surface area contributed by atoms with Crippen LogP contribution in [-0.4, -0.2) is 18.3 Å². The zero-order valence-electron chi connectivity index (χ0n) is 11.0. The first-order valence-corrected chi connectivity index (χ1v) is 7.70. The first-order valence-electron chi connectivity index (χ1n) is 6.09. The Balaban J connectivity index is 2.08. The van der Waals surface area contributed by atoms with E-state index in [4.69, 9.17) is 4.74 Å². The molecule has 3 rings (SSSR count). The average molecular weight is 364 g/mol. The molecule has 106 valence electrons. The Kier molecular flexibility index (Phi) is 3.73. The van der Waals surface area contributed by atoms with E-state index in [9.17, 15) is 9.59 Å². The normalized spacial score (nSPS) is 16.6. The summed E-state index contributed by atoms with van der Waals surface area (Å²) in [5.41, 5.74) is 0.847. The highest BCUT2D eigenvalue weighted by Crippen LogP contribution is 2.33. The zero-order chi connectivity index (χ0) is 15.0. The third-order valence-corrected chi connectivity index (χ3v) is 4.82. The van der Waals surface area contributed by atoms with Gasteiger partial charge in [0, 0.05) is 4.47 Å². The number of carbonyl (C=O) groups is 2. The molecular weight excluding hydrogens is 354 g/mol. The minimum atomic E-state index is -0.355. The lowest BCUT2D eigenvalue weighted by Gasteiger charge is -2.07. The monoisotopic (exact) mass is 363 g/mol. The molecule has 1 N–H and O–H groups in total. The first-order chi connectivity index (χ1) is 10.1. The van der Waals surface area contributed by atoms with Gasteiger partial charge >= 0.3 is 0 Å². The van der Waals surface area contributed by atoms with E-state index in [0.29, 0.717) is 4.91 Å². The predicted octanol–water partition coefficient (Wildman–Crippen LogP) is 3.93. The molecule has 0 aromatic heterocycles. The SMILES string of the molecule is COc1ccc2c(Br)c(/C=C3\SC(=O)NC3=O)ccc2c1. The number of nitrogens with one attached hydrogen (secondary N) is 1. The summed E-state index contributed by atoms with van der Waals surface area (Å²) in [5.74, 6) is 0.434. The maximum absolute atomic E-state index is 11.6.